The van der Waals surface area contributed by atoms with Crippen molar-refractivity contribution in [3.8, 4) is 11.1 Å². The molecule has 3 rings (SSSR count). The largest absolute Gasteiger partial charge is 0.478 e. The molecule has 1 aliphatic carbocycles. The van der Waals surface area contributed by atoms with E-state index in [2.05, 4.69) is 22.8 Å². The maximum Gasteiger partial charge on any atom is 0.407 e. The average molecular weight is 437 g/mol. The molecule has 168 valence electrons. The van der Waals surface area contributed by atoms with E-state index in [4.69, 9.17) is 9.84 Å². The lowest BCUT2D eigenvalue weighted by molar-refractivity contribution is -0.131. The van der Waals surface area contributed by atoms with Crippen molar-refractivity contribution in [2.24, 2.45) is 0 Å². The van der Waals surface area contributed by atoms with E-state index in [-0.39, 0.29) is 25.0 Å². The van der Waals surface area contributed by atoms with Crippen LogP contribution >= 0.6 is 0 Å². The maximum atomic E-state index is 12.5. The number of fused-ring (bicyclic) bond motifs is 3. The Balaban J connectivity index is 1.60. The highest BCUT2D eigenvalue weighted by Crippen LogP contribution is 2.44. The van der Waals surface area contributed by atoms with Crippen LogP contribution in [-0.2, 0) is 14.3 Å². The molecular weight excluding hydrogens is 408 g/mol. The summed E-state index contributed by atoms with van der Waals surface area (Å²) in [5.74, 6) is -1.52. The van der Waals surface area contributed by atoms with Crippen LogP contribution in [0.1, 0.15) is 43.2 Å². The summed E-state index contributed by atoms with van der Waals surface area (Å²) in [4.78, 5) is 35.5. The summed E-state index contributed by atoms with van der Waals surface area (Å²) in [6.45, 7) is 2.24. The summed E-state index contributed by atoms with van der Waals surface area (Å²) in [5, 5.41) is 13.9. The number of unbranched alkanes of at least 4 members (excludes halogenated alkanes) is 1. The molecular formula is C25H28N2O5. The molecule has 2 amide bonds. The van der Waals surface area contributed by atoms with Crippen molar-refractivity contribution in [3.05, 3.63) is 71.8 Å². The first-order valence-corrected chi connectivity index (χ1v) is 10.8. The second-order valence-electron chi connectivity index (χ2n) is 7.65. The van der Waals surface area contributed by atoms with E-state index in [1.807, 2.05) is 43.3 Å². The van der Waals surface area contributed by atoms with E-state index in [0.29, 0.717) is 6.42 Å². The summed E-state index contributed by atoms with van der Waals surface area (Å²) >= 11 is 0. The molecule has 0 fully saturated rings. The Morgan fingerprint density at radius 3 is 2.28 bits per heavy atom. The fraction of sp³-hybridized carbons (Fsp3) is 0.320. The quantitative estimate of drug-likeness (QED) is 0.491. The topological polar surface area (TPSA) is 105 Å². The number of carboxylic acid groups (broad SMARTS) is 1. The van der Waals surface area contributed by atoms with Crippen LogP contribution in [0.4, 0.5) is 4.79 Å². The minimum atomic E-state index is -1.08. The number of nitrogens with one attached hydrogen (secondary N) is 2. The van der Waals surface area contributed by atoms with Gasteiger partial charge in [0.2, 0.25) is 5.91 Å². The molecule has 0 radical (unpaired) electrons. The van der Waals surface area contributed by atoms with Crippen molar-refractivity contribution < 1.29 is 24.2 Å². The molecule has 2 aromatic carbocycles. The van der Waals surface area contributed by atoms with E-state index in [0.717, 1.165) is 41.2 Å². The summed E-state index contributed by atoms with van der Waals surface area (Å²) in [7, 11) is 0. The van der Waals surface area contributed by atoms with Crippen LogP contribution in [-0.4, -0.2) is 42.3 Å². The highest BCUT2D eigenvalue weighted by Gasteiger charge is 2.29. The van der Waals surface area contributed by atoms with Gasteiger partial charge in [-0.05, 0) is 28.7 Å². The van der Waals surface area contributed by atoms with E-state index in [1.54, 1.807) is 0 Å². The van der Waals surface area contributed by atoms with Crippen LogP contribution in [0.15, 0.2) is 60.7 Å². The Hall–Kier alpha value is -3.61. The fourth-order valence-corrected chi connectivity index (χ4v) is 3.90. The smallest absolute Gasteiger partial charge is 0.407 e. The molecule has 0 saturated heterocycles. The normalized spacial score (nSPS) is 13.3. The number of rotatable bonds is 10. The molecule has 3 N–H and O–H groups in total. The van der Waals surface area contributed by atoms with Gasteiger partial charge in [-0.2, -0.15) is 0 Å². The third-order valence-corrected chi connectivity index (χ3v) is 5.45. The molecule has 1 unspecified atom stereocenters. The van der Waals surface area contributed by atoms with Crippen molar-refractivity contribution >= 4 is 18.0 Å². The minimum absolute atomic E-state index is 0.0581. The molecule has 1 aliphatic rings. The van der Waals surface area contributed by atoms with Crippen LogP contribution in [0.5, 0.6) is 0 Å². The first-order chi connectivity index (χ1) is 15.5. The van der Waals surface area contributed by atoms with Gasteiger partial charge in [-0.15, -0.1) is 0 Å². The summed E-state index contributed by atoms with van der Waals surface area (Å²) in [6, 6.07) is 15.4. The van der Waals surface area contributed by atoms with Gasteiger partial charge in [0.05, 0.1) is 0 Å². The van der Waals surface area contributed by atoms with Gasteiger partial charge in [0, 0.05) is 18.5 Å². The number of hydrogen-bond donors (Lipinski definition) is 3. The highest BCUT2D eigenvalue weighted by atomic mass is 16.5. The number of hydrogen-bond acceptors (Lipinski definition) is 4. The molecule has 0 saturated carbocycles. The number of carboxylic acids is 1. The molecule has 7 nitrogen and oxygen atoms in total. The highest BCUT2D eigenvalue weighted by molar-refractivity contribution is 5.86. The molecule has 1 atom stereocenters. The van der Waals surface area contributed by atoms with E-state index in [1.165, 1.54) is 6.08 Å². The number of aliphatic carboxylic acids is 1. The summed E-state index contributed by atoms with van der Waals surface area (Å²) in [6.07, 6.45) is 3.74. The van der Waals surface area contributed by atoms with Crippen LogP contribution < -0.4 is 10.6 Å². The Kier molecular flexibility index (Phi) is 8.02. The molecule has 2 aromatic rings. The van der Waals surface area contributed by atoms with Gasteiger partial charge in [0.15, 0.2) is 0 Å². The van der Waals surface area contributed by atoms with Crippen molar-refractivity contribution in [3.63, 3.8) is 0 Å². The van der Waals surface area contributed by atoms with Crippen LogP contribution in [0.2, 0.25) is 0 Å². The SMILES string of the molecule is CCCCC(NC(=O)OCC1c2ccccc2-c2ccccc21)C(=O)NC/C=C/C(=O)O. The van der Waals surface area contributed by atoms with Gasteiger partial charge in [-0.3, -0.25) is 4.79 Å². The second-order valence-corrected chi connectivity index (χ2v) is 7.65. The van der Waals surface area contributed by atoms with Gasteiger partial charge >= 0.3 is 12.1 Å². The van der Waals surface area contributed by atoms with Gasteiger partial charge in [-0.1, -0.05) is 74.4 Å². The molecule has 0 spiro atoms. The van der Waals surface area contributed by atoms with E-state index >= 15 is 0 Å². The third kappa shape index (κ3) is 5.75. The molecule has 0 aliphatic heterocycles. The maximum absolute atomic E-state index is 12.5. The minimum Gasteiger partial charge on any atom is -0.478 e. The molecule has 0 aromatic heterocycles. The van der Waals surface area contributed by atoms with Crippen molar-refractivity contribution in [1.82, 2.24) is 10.6 Å². The van der Waals surface area contributed by atoms with Gasteiger partial charge < -0.3 is 20.5 Å². The van der Waals surface area contributed by atoms with Gasteiger partial charge in [-0.25, -0.2) is 9.59 Å². The third-order valence-electron chi connectivity index (χ3n) is 5.45. The van der Waals surface area contributed by atoms with Crippen molar-refractivity contribution in [2.75, 3.05) is 13.2 Å². The lowest BCUT2D eigenvalue weighted by atomic mass is 9.98. The Labute approximate surface area is 187 Å². The van der Waals surface area contributed by atoms with Gasteiger partial charge in [0.25, 0.3) is 0 Å². The fourth-order valence-electron chi connectivity index (χ4n) is 3.90. The van der Waals surface area contributed by atoms with E-state index < -0.39 is 18.1 Å². The second kappa shape index (κ2) is 11.1. The van der Waals surface area contributed by atoms with E-state index in [9.17, 15) is 14.4 Å². The Bertz CT molecular complexity index is 956. The van der Waals surface area contributed by atoms with Crippen LogP contribution in [0.25, 0.3) is 11.1 Å². The molecule has 7 heteroatoms. The lowest BCUT2D eigenvalue weighted by Crippen LogP contribution is -2.47. The first kappa shape index (κ1) is 23.1. The molecule has 0 heterocycles. The average Bonchev–Trinajstić information content (AvgIpc) is 3.11. The molecule has 32 heavy (non-hydrogen) atoms. The lowest BCUT2D eigenvalue weighted by Gasteiger charge is -2.19. The number of ether oxygens (including phenoxy) is 1. The predicted molar refractivity (Wildman–Crippen MR) is 121 cm³/mol. The number of alkyl carbamates (subject to hydrolysis) is 1. The summed E-state index contributed by atoms with van der Waals surface area (Å²) in [5.41, 5.74) is 4.53. The molecule has 0 bridgehead atoms. The monoisotopic (exact) mass is 436 g/mol. The number of benzene rings is 2. The predicted octanol–water partition coefficient (Wildman–Crippen LogP) is 3.84. The standard InChI is InChI=1S/C25H28N2O5/c1-2-3-13-22(24(30)26-15-8-14-23(28)29)27-25(31)32-16-21-19-11-6-4-9-17(19)18-10-5-7-12-20(18)21/h4-12,14,21-22H,2-3,13,15-16H2,1H3,(H,26,30)(H,27,31)(H,28,29)/b14-8+. The Morgan fingerprint density at radius 2 is 1.69 bits per heavy atom. The number of carbonyl (C=O) groups excluding carboxylic acids is 2. The zero-order valence-corrected chi connectivity index (χ0v) is 18.0. The zero-order valence-electron chi connectivity index (χ0n) is 18.0. The summed E-state index contributed by atoms with van der Waals surface area (Å²) < 4.78 is 5.54. The van der Waals surface area contributed by atoms with Gasteiger partial charge in [0.1, 0.15) is 12.6 Å². The zero-order chi connectivity index (χ0) is 22.9. The Morgan fingerprint density at radius 1 is 1.06 bits per heavy atom. The van der Waals surface area contributed by atoms with Crippen LogP contribution in [0, 0.1) is 0 Å². The van der Waals surface area contributed by atoms with Crippen molar-refractivity contribution in [2.45, 2.75) is 38.1 Å². The van der Waals surface area contributed by atoms with Crippen molar-refractivity contribution in [1.29, 1.82) is 0 Å². The number of carbonyl (C=O) groups is 3. The van der Waals surface area contributed by atoms with Crippen LogP contribution in [0.3, 0.4) is 0 Å². The first-order valence-electron chi connectivity index (χ1n) is 10.8. The number of amides is 2.